The Morgan fingerprint density at radius 1 is 1.00 bits per heavy atom. The van der Waals surface area contributed by atoms with Crippen molar-refractivity contribution < 1.29 is 23.9 Å². The van der Waals surface area contributed by atoms with Crippen LogP contribution in [0.2, 0.25) is 0 Å². The molecule has 4 amide bonds. The third-order valence-corrected chi connectivity index (χ3v) is 7.21. The predicted octanol–water partition coefficient (Wildman–Crippen LogP) is 2.83. The first-order valence-electron chi connectivity index (χ1n) is 12.0. The zero-order valence-electron chi connectivity index (χ0n) is 20.7. The standard InChI is InChI=1S/C26H29N5O5S/c1-30(16-23(33)28-19-9-11-20(36-2)12-10-19)25(35)17-5-7-18(8-6-17)27-22(32)15-21-24(34)29-26(37-21)31-13-3-4-14-31/h5-12,21H,3-4,13-16H2,1-2H3,(H,27,32)(H,28,33)/t21-/m1/s1. The van der Waals surface area contributed by atoms with Gasteiger partial charge in [-0.2, -0.15) is 4.99 Å². The van der Waals surface area contributed by atoms with E-state index < -0.39 is 5.25 Å². The smallest absolute Gasteiger partial charge is 0.262 e. The summed E-state index contributed by atoms with van der Waals surface area (Å²) >= 11 is 1.35. The first-order chi connectivity index (χ1) is 17.8. The lowest BCUT2D eigenvalue weighted by Gasteiger charge is -2.17. The van der Waals surface area contributed by atoms with Crippen molar-refractivity contribution in [3.8, 4) is 5.75 Å². The quantitative estimate of drug-likeness (QED) is 0.546. The van der Waals surface area contributed by atoms with Crippen LogP contribution in [-0.4, -0.2) is 77.6 Å². The van der Waals surface area contributed by atoms with Crippen LogP contribution in [0.3, 0.4) is 0 Å². The molecule has 10 nitrogen and oxygen atoms in total. The van der Waals surface area contributed by atoms with E-state index in [0.29, 0.717) is 27.9 Å². The third kappa shape index (κ3) is 6.88. The number of amides is 4. The summed E-state index contributed by atoms with van der Waals surface area (Å²) in [6.07, 6.45) is 2.20. The van der Waals surface area contributed by atoms with Crippen molar-refractivity contribution in [2.24, 2.45) is 4.99 Å². The fourth-order valence-corrected chi connectivity index (χ4v) is 5.13. The van der Waals surface area contributed by atoms with Gasteiger partial charge in [-0.1, -0.05) is 11.8 Å². The number of anilines is 2. The molecule has 0 spiro atoms. The van der Waals surface area contributed by atoms with Crippen LogP contribution in [0.4, 0.5) is 11.4 Å². The molecule has 2 aliphatic heterocycles. The summed E-state index contributed by atoms with van der Waals surface area (Å²) < 4.78 is 5.09. The van der Waals surface area contributed by atoms with E-state index in [9.17, 15) is 19.2 Å². The summed E-state index contributed by atoms with van der Waals surface area (Å²) in [6, 6.07) is 13.3. The van der Waals surface area contributed by atoms with E-state index >= 15 is 0 Å². The van der Waals surface area contributed by atoms with E-state index in [1.807, 2.05) is 0 Å². The number of likely N-dealkylation sites (N-methyl/N-ethyl adjacent to an activating group) is 1. The van der Waals surface area contributed by atoms with Crippen LogP contribution in [0.25, 0.3) is 0 Å². The summed E-state index contributed by atoms with van der Waals surface area (Å²) in [7, 11) is 3.10. The number of methoxy groups -OCH3 is 1. The van der Waals surface area contributed by atoms with Crippen LogP contribution in [0.1, 0.15) is 29.6 Å². The number of hydrogen-bond donors (Lipinski definition) is 2. The Morgan fingerprint density at radius 2 is 1.59 bits per heavy atom. The van der Waals surface area contributed by atoms with Crippen molar-refractivity contribution in [1.29, 1.82) is 0 Å². The fourth-order valence-electron chi connectivity index (χ4n) is 4.01. The molecule has 0 radical (unpaired) electrons. The topological polar surface area (TPSA) is 120 Å². The fraction of sp³-hybridized carbons (Fsp3) is 0.346. The molecule has 0 bridgehead atoms. The summed E-state index contributed by atoms with van der Waals surface area (Å²) in [5.74, 6) is -0.558. The highest BCUT2D eigenvalue weighted by molar-refractivity contribution is 8.15. The third-order valence-electron chi connectivity index (χ3n) is 5.99. The van der Waals surface area contributed by atoms with Crippen molar-refractivity contribution in [2.45, 2.75) is 24.5 Å². The first-order valence-corrected chi connectivity index (χ1v) is 12.8. The Kier molecular flexibility index (Phi) is 8.44. The number of thioether (sulfide) groups is 1. The zero-order chi connectivity index (χ0) is 26.4. The normalized spacial score (nSPS) is 16.8. The van der Waals surface area contributed by atoms with Crippen molar-refractivity contribution >= 4 is 51.9 Å². The van der Waals surface area contributed by atoms with Crippen LogP contribution in [0.5, 0.6) is 5.75 Å². The number of nitrogens with zero attached hydrogens (tertiary/aromatic N) is 3. The van der Waals surface area contributed by atoms with Crippen molar-refractivity contribution in [2.75, 3.05) is 44.4 Å². The van der Waals surface area contributed by atoms with Gasteiger partial charge in [0, 0.05) is 43.5 Å². The lowest BCUT2D eigenvalue weighted by Crippen LogP contribution is -2.34. The van der Waals surface area contributed by atoms with Gasteiger partial charge in [-0.15, -0.1) is 0 Å². The number of rotatable bonds is 8. The Hall–Kier alpha value is -3.86. The number of amidine groups is 1. The maximum atomic E-state index is 12.7. The van der Waals surface area contributed by atoms with Crippen LogP contribution in [0.15, 0.2) is 53.5 Å². The molecule has 194 valence electrons. The monoisotopic (exact) mass is 523 g/mol. The average Bonchev–Trinajstić information content (AvgIpc) is 3.55. The summed E-state index contributed by atoms with van der Waals surface area (Å²) in [4.78, 5) is 57.3. The largest absolute Gasteiger partial charge is 0.497 e. The van der Waals surface area contributed by atoms with Gasteiger partial charge in [-0.25, -0.2) is 0 Å². The highest BCUT2D eigenvalue weighted by atomic mass is 32.2. The van der Waals surface area contributed by atoms with E-state index in [-0.39, 0.29) is 36.6 Å². The van der Waals surface area contributed by atoms with Gasteiger partial charge in [0.15, 0.2) is 5.17 Å². The number of carbonyl (C=O) groups excluding carboxylic acids is 4. The summed E-state index contributed by atoms with van der Waals surface area (Å²) in [6.45, 7) is 1.66. The molecule has 2 aromatic rings. The molecule has 37 heavy (non-hydrogen) atoms. The first kappa shape index (κ1) is 26.2. The number of hydrogen-bond acceptors (Lipinski definition) is 7. The Labute approximate surface area is 219 Å². The number of ether oxygens (including phenoxy) is 1. The highest BCUT2D eigenvalue weighted by Crippen LogP contribution is 2.29. The van der Waals surface area contributed by atoms with Crippen LogP contribution >= 0.6 is 11.8 Å². The van der Waals surface area contributed by atoms with E-state index in [4.69, 9.17) is 4.74 Å². The van der Waals surface area contributed by atoms with Gasteiger partial charge in [0.25, 0.3) is 11.8 Å². The molecular weight excluding hydrogens is 494 g/mol. The molecule has 0 saturated carbocycles. The second kappa shape index (κ2) is 11.9. The number of nitrogens with one attached hydrogen (secondary N) is 2. The maximum Gasteiger partial charge on any atom is 0.262 e. The molecule has 0 aromatic heterocycles. The molecule has 11 heteroatoms. The van der Waals surface area contributed by atoms with Gasteiger partial charge in [-0.3, -0.25) is 19.2 Å². The van der Waals surface area contributed by atoms with Gasteiger partial charge >= 0.3 is 0 Å². The second-order valence-corrected chi connectivity index (χ2v) is 9.97. The minimum Gasteiger partial charge on any atom is -0.497 e. The Bertz CT molecular complexity index is 1190. The molecule has 1 atom stereocenters. The SMILES string of the molecule is COc1ccc(NC(=O)CN(C)C(=O)c2ccc(NC(=O)C[C@H]3SC(N4CCCC4)=NC3=O)cc2)cc1. The van der Waals surface area contributed by atoms with Gasteiger partial charge in [-0.05, 0) is 61.4 Å². The van der Waals surface area contributed by atoms with Gasteiger partial charge < -0.3 is 25.2 Å². The lowest BCUT2D eigenvalue weighted by atomic mass is 10.1. The molecular formula is C26H29N5O5S. The molecule has 2 aliphatic rings. The Morgan fingerprint density at radius 3 is 2.22 bits per heavy atom. The summed E-state index contributed by atoms with van der Waals surface area (Å²) in [5.41, 5.74) is 1.49. The van der Waals surface area contributed by atoms with E-state index in [0.717, 1.165) is 25.9 Å². The molecule has 2 aromatic carbocycles. The van der Waals surface area contributed by atoms with Crippen molar-refractivity contribution in [3.63, 3.8) is 0 Å². The van der Waals surface area contributed by atoms with Crippen LogP contribution in [0, 0.1) is 0 Å². The average molecular weight is 524 g/mol. The van der Waals surface area contributed by atoms with E-state index in [2.05, 4.69) is 20.5 Å². The van der Waals surface area contributed by atoms with Crippen molar-refractivity contribution in [1.82, 2.24) is 9.80 Å². The van der Waals surface area contributed by atoms with Gasteiger partial charge in [0.2, 0.25) is 11.8 Å². The minimum atomic E-state index is -0.519. The van der Waals surface area contributed by atoms with E-state index in [1.54, 1.807) is 62.7 Å². The van der Waals surface area contributed by atoms with Crippen LogP contribution in [-0.2, 0) is 14.4 Å². The number of carbonyl (C=O) groups is 4. The lowest BCUT2D eigenvalue weighted by molar-refractivity contribution is -0.121. The number of benzene rings is 2. The number of likely N-dealkylation sites (tertiary alicyclic amines) is 1. The second-order valence-electron chi connectivity index (χ2n) is 8.80. The number of aliphatic imine (C=N–C) groups is 1. The molecule has 0 unspecified atom stereocenters. The molecule has 1 fully saturated rings. The molecule has 0 aliphatic carbocycles. The minimum absolute atomic E-state index is 0.0249. The van der Waals surface area contributed by atoms with Gasteiger partial charge in [0.05, 0.1) is 13.7 Å². The molecule has 2 N–H and O–H groups in total. The van der Waals surface area contributed by atoms with Crippen LogP contribution < -0.4 is 15.4 Å². The molecule has 2 heterocycles. The van der Waals surface area contributed by atoms with Crippen molar-refractivity contribution in [3.05, 3.63) is 54.1 Å². The molecule has 1 saturated heterocycles. The zero-order valence-corrected chi connectivity index (χ0v) is 21.5. The Balaban J connectivity index is 1.24. The maximum absolute atomic E-state index is 12.7. The summed E-state index contributed by atoms with van der Waals surface area (Å²) in [5, 5.41) is 5.70. The van der Waals surface area contributed by atoms with Gasteiger partial charge in [0.1, 0.15) is 11.0 Å². The predicted molar refractivity (Wildman–Crippen MR) is 143 cm³/mol. The van der Waals surface area contributed by atoms with E-state index in [1.165, 1.54) is 16.7 Å². The highest BCUT2D eigenvalue weighted by Gasteiger charge is 2.33. The molecule has 4 rings (SSSR count).